The summed E-state index contributed by atoms with van der Waals surface area (Å²) < 4.78 is 20.5. The Kier molecular flexibility index (Phi) is 7.74. The number of piperazine rings is 1. The summed E-state index contributed by atoms with van der Waals surface area (Å²) in [4.78, 5) is 17.1. The monoisotopic (exact) mass is 469 g/mol. The third kappa shape index (κ3) is 5.61. The first kappa shape index (κ1) is 23.4. The second-order valence-electron chi connectivity index (χ2n) is 7.86. The third-order valence-corrected chi connectivity index (χ3v) is 6.73. The largest absolute Gasteiger partial charge is 0.377 e. The number of hydrogen-bond acceptors (Lipinski definition) is 6. The SMILES string of the molecule is CCN1CCN(C(=O)c2ccc(CSc3nnc(COC)n3-c3ccc(F)cc3)cc2)CC1. The van der Waals surface area contributed by atoms with E-state index in [2.05, 4.69) is 22.0 Å². The third-order valence-electron chi connectivity index (χ3n) is 5.73. The van der Waals surface area contributed by atoms with Crippen molar-refractivity contribution < 1.29 is 13.9 Å². The van der Waals surface area contributed by atoms with Gasteiger partial charge in [-0.05, 0) is 48.5 Å². The molecule has 33 heavy (non-hydrogen) atoms. The number of ether oxygens (including phenoxy) is 1. The van der Waals surface area contributed by atoms with E-state index in [0.717, 1.165) is 44.0 Å². The Morgan fingerprint density at radius 1 is 1.03 bits per heavy atom. The van der Waals surface area contributed by atoms with Crippen LogP contribution in [-0.2, 0) is 17.1 Å². The van der Waals surface area contributed by atoms with Gasteiger partial charge in [-0.25, -0.2) is 4.39 Å². The van der Waals surface area contributed by atoms with E-state index in [9.17, 15) is 9.18 Å². The molecule has 2 heterocycles. The molecule has 9 heteroatoms. The fourth-order valence-corrected chi connectivity index (χ4v) is 4.73. The molecule has 1 saturated heterocycles. The van der Waals surface area contributed by atoms with Gasteiger partial charge in [0, 0.05) is 50.3 Å². The maximum atomic E-state index is 13.4. The minimum atomic E-state index is -0.295. The van der Waals surface area contributed by atoms with Gasteiger partial charge in [0.05, 0.1) is 0 Å². The average Bonchev–Trinajstić information content (AvgIpc) is 3.26. The number of nitrogens with zero attached hydrogens (tertiary/aromatic N) is 5. The molecule has 4 rings (SSSR count). The maximum Gasteiger partial charge on any atom is 0.253 e. The Bertz CT molecular complexity index is 1060. The number of methoxy groups -OCH3 is 1. The van der Waals surface area contributed by atoms with Crippen LogP contribution in [-0.4, -0.2) is 70.3 Å². The molecule has 0 radical (unpaired) electrons. The smallest absolute Gasteiger partial charge is 0.253 e. The summed E-state index contributed by atoms with van der Waals surface area (Å²) in [5, 5.41) is 9.24. The maximum absolute atomic E-state index is 13.4. The van der Waals surface area contributed by atoms with Gasteiger partial charge in [0.1, 0.15) is 12.4 Å². The summed E-state index contributed by atoms with van der Waals surface area (Å²) in [6.07, 6.45) is 0. The number of carbonyl (C=O) groups is 1. The van der Waals surface area contributed by atoms with Gasteiger partial charge in [-0.2, -0.15) is 0 Å². The average molecular weight is 470 g/mol. The van der Waals surface area contributed by atoms with Gasteiger partial charge in [-0.3, -0.25) is 9.36 Å². The molecule has 0 unspecified atom stereocenters. The highest BCUT2D eigenvalue weighted by atomic mass is 32.2. The number of rotatable bonds is 8. The van der Waals surface area contributed by atoms with Crippen LogP contribution in [0.2, 0.25) is 0 Å². The molecule has 0 atom stereocenters. The second-order valence-corrected chi connectivity index (χ2v) is 8.80. The number of halogens is 1. The Morgan fingerprint density at radius 3 is 2.36 bits per heavy atom. The molecule has 0 aliphatic carbocycles. The van der Waals surface area contributed by atoms with Crippen molar-refractivity contribution in [2.75, 3.05) is 39.8 Å². The molecule has 0 N–H and O–H groups in total. The number of thioether (sulfide) groups is 1. The summed E-state index contributed by atoms with van der Waals surface area (Å²) >= 11 is 1.53. The molecule has 1 amide bonds. The van der Waals surface area contributed by atoms with Crippen LogP contribution in [0.1, 0.15) is 28.7 Å². The number of amides is 1. The van der Waals surface area contributed by atoms with Gasteiger partial charge in [0.2, 0.25) is 0 Å². The predicted molar refractivity (Wildman–Crippen MR) is 126 cm³/mol. The highest BCUT2D eigenvalue weighted by molar-refractivity contribution is 7.98. The Morgan fingerprint density at radius 2 is 1.73 bits per heavy atom. The minimum Gasteiger partial charge on any atom is -0.377 e. The van der Waals surface area contributed by atoms with Crippen molar-refractivity contribution in [1.82, 2.24) is 24.6 Å². The predicted octanol–water partition coefficient (Wildman–Crippen LogP) is 3.62. The van der Waals surface area contributed by atoms with Crippen molar-refractivity contribution >= 4 is 17.7 Å². The van der Waals surface area contributed by atoms with Gasteiger partial charge in [0.25, 0.3) is 5.91 Å². The minimum absolute atomic E-state index is 0.0882. The van der Waals surface area contributed by atoms with Crippen LogP contribution in [0.25, 0.3) is 5.69 Å². The Labute approximate surface area is 197 Å². The van der Waals surface area contributed by atoms with Gasteiger partial charge < -0.3 is 14.5 Å². The van der Waals surface area contributed by atoms with E-state index >= 15 is 0 Å². The molecule has 1 fully saturated rings. The van der Waals surface area contributed by atoms with E-state index < -0.39 is 0 Å². The van der Waals surface area contributed by atoms with Crippen molar-refractivity contribution in [3.8, 4) is 5.69 Å². The molecule has 2 aromatic carbocycles. The highest BCUT2D eigenvalue weighted by Gasteiger charge is 2.21. The summed E-state index contributed by atoms with van der Waals surface area (Å²) in [7, 11) is 1.60. The molecule has 174 valence electrons. The fraction of sp³-hybridized carbons (Fsp3) is 0.375. The molecular formula is C24H28FN5O2S. The highest BCUT2D eigenvalue weighted by Crippen LogP contribution is 2.26. The molecule has 0 spiro atoms. The van der Waals surface area contributed by atoms with Crippen LogP contribution in [0, 0.1) is 5.82 Å². The first-order valence-corrected chi connectivity index (χ1v) is 12.0. The van der Waals surface area contributed by atoms with Crippen molar-refractivity contribution in [1.29, 1.82) is 0 Å². The van der Waals surface area contributed by atoms with Crippen LogP contribution in [0.5, 0.6) is 0 Å². The lowest BCUT2D eigenvalue weighted by atomic mass is 10.1. The van der Waals surface area contributed by atoms with Crippen LogP contribution < -0.4 is 0 Å². The lowest BCUT2D eigenvalue weighted by molar-refractivity contribution is 0.0643. The first-order chi connectivity index (χ1) is 16.1. The standard InChI is InChI=1S/C24H28FN5O2S/c1-3-28-12-14-29(15-13-28)23(31)19-6-4-18(5-7-19)17-33-24-27-26-22(16-32-2)30(24)21-10-8-20(25)9-11-21/h4-11H,3,12-17H2,1-2H3. The van der Waals surface area contributed by atoms with Crippen LogP contribution in [0.3, 0.4) is 0 Å². The summed E-state index contributed by atoms with van der Waals surface area (Å²) in [5.74, 6) is 1.10. The lowest BCUT2D eigenvalue weighted by Gasteiger charge is -2.34. The van der Waals surface area contributed by atoms with Crippen LogP contribution in [0.15, 0.2) is 53.7 Å². The Balaban J connectivity index is 1.42. The molecule has 0 bridgehead atoms. The Hall–Kier alpha value is -2.75. The quantitative estimate of drug-likeness (QED) is 0.470. The van der Waals surface area contributed by atoms with Crippen molar-refractivity contribution in [3.63, 3.8) is 0 Å². The van der Waals surface area contributed by atoms with Gasteiger partial charge >= 0.3 is 0 Å². The number of aromatic nitrogens is 3. The molecule has 1 aliphatic rings. The van der Waals surface area contributed by atoms with E-state index in [1.54, 1.807) is 19.2 Å². The molecule has 1 aromatic heterocycles. The lowest BCUT2D eigenvalue weighted by Crippen LogP contribution is -2.48. The molecule has 7 nitrogen and oxygen atoms in total. The fourth-order valence-electron chi connectivity index (χ4n) is 3.81. The summed E-state index contributed by atoms with van der Waals surface area (Å²) in [5.41, 5.74) is 2.57. The van der Waals surface area contributed by atoms with E-state index in [1.165, 1.54) is 23.9 Å². The van der Waals surface area contributed by atoms with E-state index in [1.807, 2.05) is 33.7 Å². The van der Waals surface area contributed by atoms with E-state index in [-0.39, 0.29) is 11.7 Å². The normalized spacial score (nSPS) is 14.6. The number of likely N-dealkylation sites (N-methyl/N-ethyl adjacent to an activating group) is 1. The molecule has 0 saturated carbocycles. The van der Waals surface area contributed by atoms with Gasteiger partial charge in [0.15, 0.2) is 11.0 Å². The zero-order chi connectivity index (χ0) is 23.2. The summed E-state index contributed by atoms with van der Waals surface area (Å²) in [6, 6.07) is 14.0. The zero-order valence-electron chi connectivity index (χ0n) is 18.9. The number of benzene rings is 2. The topological polar surface area (TPSA) is 63.5 Å². The second kappa shape index (κ2) is 10.9. The number of hydrogen-bond donors (Lipinski definition) is 0. The molecule has 3 aromatic rings. The van der Waals surface area contributed by atoms with E-state index in [4.69, 9.17) is 4.74 Å². The molecule has 1 aliphatic heterocycles. The van der Waals surface area contributed by atoms with Crippen molar-refractivity contribution in [2.45, 2.75) is 24.4 Å². The van der Waals surface area contributed by atoms with Crippen LogP contribution >= 0.6 is 11.8 Å². The summed E-state index contributed by atoms with van der Waals surface area (Å²) in [6.45, 7) is 6.87. The van der Waals surface area contributed by atoms with Crippen molar-refractivity contribution in [3.05, 3.63) is 71.3 Å². The van der Waals surface area contributed by atoms with Crippen LogP contribution in [0.4, 0.5) is 4.39 Å². The van der Waals surface area contributed by atoms with Crippen molar-refractivity contribution in [2.24, 2.45) is 0 Å². The zero-order valence-corrected chi connectivity index (χ0v) is 19.7. The van der Waals surface area contributed by atoms with Gasteiger partial charge in [-0.15, -0.1) is 10.2 Å². The number of carbonyl (C=O) groups excluding carboxylic acids is 1. The van der Waals surface area contributed by atoms with Gasteiger partial charge in [-0.1, -0.05) is 30.8 Å². The van der Waals surface area contributed by atoms with E-state index in [0.29, 0.717) is 28.9 Å². The molecular weight excluding hydrogens is 441 g/mol. The first-order valence-electron chi connectivity index (χ1n) is 11.0.